The molecule has 0 aliphatic heterocycles. The molecule has 7 heteroatoms. The van der Waals surface area contributed by atoms with Crippen molar-refractivity contribution in [1.29, 1.82) is 0 Å². The maximum Gasteiger partial charge on any atom is 0.322 e. The lowest BCUT2D eigenvalue weighted by molar-refractivity contribution is 0.0989. The number of aryl methyl sites for hydroxylation is 2. The van der Waals surface area contributed by atoms with Crippen molar-refractivity contribution in [3.8, 4) is 0 Å². The molecule has 2 heterocycles. The summed E-state index contributed by atoms with van der Waals surface area (Å²) in [5.41, 5.74) is 4.59. The molecule has 0 atom stereocenters. The third kappa shape index (κ3) is 3.19. The Morgan fingerprint density at radius 2 is 1.92 bits per heavy atom. The molecule has 1 N–H and O–H groups in total. The Hall–Kier alpha value is -3.48. The van der Waals surface area contributed by atoms with Gasteiger partial charge in [0, 0.05) is 0 Å². The summed E-state index contributed by atoms with van der Waals surface area (Å²) in [7, 11) is 0. The summed E-state index contributed by atoms with van der Waals surface area (Å²) in [6.07, 6.45) is 0.498. The van der Waals surface area contributed by atoms with Gasteiger partial charge in [-0.3, -0.25) is 10.1 Å². The average Bonchev–Trinajstić information content (AvgIpc) is 3.24. The zero-order valence-corrected chi connectivity index (χ0v) is 14.3. The molecule has 0 saturated carbocycles. The Kier molecular flexibility index (Phi) is 3.96. The Bertz CT molecular complexity index is 1060. The van der Waals surface area contributed by atoms with E-state index in [4.69, 9.17) is 8.83 Å². The van der Waals surface area contributed by atoms with Gasteiger partial charge in [-0.25, -0.2) is 4.98 Å². The predicted octanol–water partition coefficient (Wildman–Crippen LogP) is 3.67. The number of aromatic nitrogens is 3. The number of amides is 1. The normalized spacial score (nSPS) is 11.0. The second-order valence-electron chi connectivity index (χ2n) is 6.05. The first-order valence-electron chi connectivity index (χ1n) is 8.14. The number of nitrogens with one attached hydrogen (secondary N) is 1. The summed E-state index contributed by atoms with van der Waals surface area (Å²) >= 11 is 0. The number of nitrogens with zero attached hydrogens (tertiary/aromatic N) is 3. The quantitative estimate of drug-likeness (QED) is 0.605. The Labute approximate surface area is 149 Å². The van der Waals surface area contributed by atoms with Gasteiger partial charge in [0.1, 0.15) is 5.52 Å². The number of benzene rings is 2. The summed E-state index contributed by atoms with van der Waals surface area (Å²) < 4.78 is 10.9. The topological polar surface area (TPSA) is 94.1 Å². The van der Waals surface area contributed by atoms with Gasteiger partial charge in [-0.2, -0.15) is 0 Å². The fourth-order valence-corrected chi connectivity index (χ4v) is 2.70. The van der Waals surface area contributed by atoms with Crippen LogP contribution in [0.25, 0.3) is 11.1 Å². The molecule has 2 aromatic carbocycles. The van der Waals surface area contributed by atoms with Crippen molar-refractivity contribution in [3.63, 3.8) is 0 Å². The van der Waals surface area contributed by atoms with E-state index in [9.17, 15) is 4.79 Å². The highest BCUT2D eigenvalue weighted by molar-refractivity contribution is 6.00. The zero-order valence-electron chi connectivity index (χ0n) is 14.3. The van der Waals surface area contributed by atoms with E-state index in [2.05, 4.69) is 26.6 Å². The van der Waals surface area contributed by atoms with E-state index in [1.165, 1.54) is 5.56 Å². The summed E-state index contributed by atoms with van der Waals surface area (Å²) in [6.45, 7) is 4.08. The molecule has 0 unspecified atom stereocenters. The molecular formula is C19H16N4O3. The van der Waals surface area contributed by atoms with Crippen LogP contribution >= 0.6 is 0 Å². The van der Waals surface area contributed by atoms with Crippen LogP contribution in [0.15, 0.2) is 51.3 Å². The first-order valence-corrected chi connectivity index (χ1v) is 8.14. The molecular weight excluding hydrogens is 332 g/mol. The summed E-state index contributed by atoms with van der Waals surface area (Å²) in [5, 5.41) is 10.4. The average molecular weight is 348 g/mol. The van der Waals surface area contributed by atoms with E-state index in [-0.39, 0.29) is 11.9 Å². The molecule has 0 fully saturated rings. The van der Waals surface area contributed by atoms with Crippen LogP contribution < -0.4 is 5.32 Å². The number of fused-ring (bicyclic) bond motifs is 1. The standard InChI is InChI=1S/C19H16N4O3/c1-11-7-8-13(12(2)9-11)10-16-22-23-19(26-16)21-17(24)18-20-14-5-3-4-6-15(14)25-18/h3-9H,10H2,1-2H3,(H,21,23,24). The van der Waals surface area contributed by atoms with Crippen LogP contribution in [0.5, 0.6) is 0 Å². The molecule has 0 saturated heterocycles. The highest BCUT2D eigenvalue weighted by Crippen LogP contribution is 2.18. The van der Waals surface area contributed by atoms with Gasteiger partial charge in [0.15, 0.2) is 5.58 Å². The van der Waals surface area contributed by atoms with E-state index in [0.717, 1.165) is 11.1 Å². The fourth-order valence-electron chi connectivity index (χ4n) is 2.70. The van der Waals surface area contributed by atoms with Crippen molar-refractivity contribution in [2.45, 2.75) is 20.3 Å². The van der Waals surface area contributed by atoms with E-state index in [1.807, 2.05) is 38.1 Å². The lowest BCUT2D eigenvalue weighted by atomic mass is 10.0. The van der Waals surface area contributed by atoms with Crippen LogP contribution in [0.3, 0.4) is 0 Å². The lowest BCUT2D eigenvalue weighted by Gasteiger charge is -2.03. The van der Waals surface area contributed by atoms with Gasteiger partial charge >= 0.3 is 11.9 Å². The summed E-state index contributed by atoms with van der Waals surface area (Å²) in [4.78, 5) is 16.4. The molecule has 130 valence electrons. The smallest absolute Gasteiger partial charge is 0.322 e. The molecule has 1 amide bonds. The van der Waals surface area contributed by atoms with Gasteiger partial charge < -0.3 is 8.83 Å². The molecule has 4 rings (SSSR count). The number of rotatable bonds is 4. The van der Waals surface area contributed by atoms with E-state index in [1.54, 1.807) is 12.1 Å². The highest BCUT2D eigenvalue weighted by atomic mass is 16.4. The van der Waals surface area contributed by atoms with Gasteiger partial charge in [-0.05, 0) is 37.1 Å². The SMILES string of the molecule is Cc1ccc(Cc2nnc(NC(=O)c3nc4ccccc4o3)o2)c(C)c1. The minimum absolute atomic E-state index is 0.0111. The van der Waals surface area contributed by atoms with Gasteiger partial charge in [0.25, 0.3) is 5.89 Å². The molecule has 0 bridgehead atoms. The van der Waals surface area contributed by atoms with Gasteiger partial charge in [0.05, 0.1) is 6.42 Å². The number of hydrogen-bond donors (Lipinski definition) is 1. The Morgan fingerprint density at radius 3 is 2.73 bits per heavy atom. The van der Waals surface area contributed by atoms with Gasteiger partial charge in [-0.15, -0.1) is 5.10 Å². The van der Waals surface area contributed by atoms with E-state index >= 15 is 0 Å². The van der Waals surface area contributed by atoms with Crippen molar-refractivity contribution in [3.05, 3.63) is 70.9 Å². The van der Waals surface area contributed by atoms with Crippen molar-refractivity contribution >= 4 is 23.0 Å². The second kappa shape index (κ2) is 6.44. The van der Waals surface area contributed by atoms with Crippen LogP contribution in [-0.4, -0.2) is 21.1 Å². The number of oxazole rings is 1. The van der Waals surface area contributed by atoms with Crippen molar-refractivity contribution in [2.75, 3.05) is 5.32 Å². The molecule has 2 aromatic heterocycles. The molecule has 0 aliphatic carbocycles. The van der Waals surface area contributed by atoms with Crippen LogP contribution in [0, 0.1) is 13.8 Å². The molecule has 0 spiro atoms. The van der Waals surface area contributed by atoms with Crippen molar-refractivity contribution < 1.29 is 13.6 Å². The lowest BCUT2D eigenvalue weighted by Crippen LogP contribution is -2.12. The van der Waals surface area contributed by atoms with Gasteiger partial charge in [-0.1, -0.05) is 41.0 Å². The highest BCUT2D eigenvalue weighted by Gasteiger charge is 2.17. The van der Waals surface area contributed by atoms with Crippen LogP contribution in [0.4, 0.5) is 6.01 Å². The number of anilines is 1. The van der Waals surface area contributed by atoms with Gasteiger partial charge in [0.2, 0.25) is 5.89 Å². The fraction of sp³-hybridized carbons (Fsp3) is 0.158. The first-order chi connectivity index (χ1) is 12.6. The van der Waals surface area contributed by atoms with Crippen LogP contribution in [-0.2, 0) is 6.42 Å². The van der Waals surface area contributed by atoms with Crippen molar-refractivity contribution in [1.82, 2.24) is 15.2 Å². The Morgan fingerprint density at radius 1 is 1.08 bits per heavy atom. The maximum atomic E-state index is 12.2. The number of carbonyl (C=O) groups excluding carboxylic acids is 1. The molecule has 0 radical (unpaired) electrons. The first kappa shape index (κ1) is 16.0. The minimum atomic E-state index is -0.539. The van der Waals surface area contributed by atoms with E-state index in [0.29, 0.717) is 23.4 Å². The van der Waals surface area contributed by atoms with E-state index < -0.39 is 5.91 Å². The van der Waals surface area contributed by atoms with Crippen molar-refractivity contribution in [2.24, 2.45) is 0 Å². The largest absolute Gasteiger partial charge is 0.432 e. The number of para-hydroxylation sites is 2. The zero-order chi connectivity index (χ0) is 18.1. The van der Waals surface area contributed by atoms with Crippen LogP contribution in [0.1, 0.15) is 33.3 Å². The molecule has 4 aromatic rings. The number of carbonyl (C=O) groups is 1. The monoisotopic (exact) mass is 348 g/mol. The Balaban J connectivity index is 1.48. The van der Waals surface area contributed by atoms with Crippen LogP contribution in [0.2, 0.25) is 0 Å². The molecule has 0 aliphatic rings. The third-order valence-electron chi connectivity index (χ3n) is 4.02. The maximum absolute atomic E-state index is 12.2. The predicted molar refractivity (Wildman–Crippen MR) is 95.0 cm³/mol. The molecule has 26 heavy (non-hydrogen) atoms. The second-order valence-corrected chi connectivity index (χ2v) is 6.05. The minimum Gasteiger partial charge on any atom is -0.432 e. The third-order valence-corrected chi connectivity index (χ3v) is 4.02. The summed E-state index contributed by atoms with van der Waals surface area (Å²) in [5.74, 6) is -0.173. The molecule has 7 nitrogen and oxygen atoms in total. The number of hydrogen-bond acceptors (Lipinski definition) is 6. The summed E-state index contributed by atoms with van der Waals surface area (Å²) in [6, 6.07) is 13.3.